The van der Waals surface area contributed by atoms with Gasteiger partial charge in [-0.25, -0.2) is 0 Å². The molecule has 0 aliphatic carbocycles. The maximum atomic E-state index is 11.8. The van der Waals surface area contributed by atoms with Crippen LogP contribution in [0.4, 0.5) is 0 Å². The van der Waals surface area contributed by atoms with Crippen molar-refractivity contribution in [2.75, 3.05) is 6.26 Å². The Labute approximate surface area is 144 Å². The van der Waals surface area contributed by atoms with E-state index in [1.807, 2.05) is 0 Å². The topological polar surface area (TPSA) is 74.6 Å². The van der Waals surface area contributed by atoms with Gasteiger partial charge < -0.3 is 10.2 Å². The van der Waals surface area contributed by atoms with Crippen molar-refractivity contribution in [2.45, 2.75) is 102 Å². The highest BCUT2D eigenvalue weighted by atomic mass is 32.2. The smallest absolute Gasteiger partial charge is 0.303 e. The summed E-state index contributed by atoms with van der Waals surface area (Å²) >= 11 is 0. The third kappa shape index (κ3) is 14.9. The van der Waals surface area contributed by atoms with Crippen LogP contribution < -0.4 is 0 Å². The largest absolute Gasteiger partial charge is 0.481 e. The van der Waals surface area contributed by atoms with E-state index in [-0.39, 0.29) is 17.8 Å². The first-order valence-corrected chi connectivity index (χ1v) is 10.8. The van der Waals surface area contributed by atoms with Crippen molar-refractivity contribution < 1.29 is 19.2 Å². The normalized spacial score (nSPS) is 15.3. The second-order valence-electron chi connectivity index (χ2n) is 6.55. The molecule has 0 rings (SSSR count). The van der Waals surface area contributed by atoms with Crippen LogP contribution in [0, 0.1) is 0 Å². The van der Waals surface area contributed by atoms with Crippen molar-refractivity contribution in [1.29, 1.82) is 0 Å². The molecule has 0 aromatic rings. The highest BCUT2D eigenvalue weighted by Gasteiger charge is 2.13. The van der Waals surface area contributed by atoms with E-state index in [4.69, 9.17) is 5.11 Å². The van der Waals surface area contributed by atoms with Crippen molar-refractivity contribution in [1.82, 2.24) is 0 Å². The predicted octanol–water partition coefficient (Wildman–Crippen LogP) is 4.27. The van der Waals surface area contributed by atoms with Gasteiger partial charge in [0.15, 0.2) is 0 Å². The molecule has 0 aliphatic rings. The lowest BCUT2D eigenvalue weighted by Gasteiger charge is -2.16. The molecule has 0 aliphatic heterocycles. The second kappa shape index (κ2) is 15.1. The zero-order chi connectivity index (χ0) is 17.5. The monoisotopic (exact) mass is 348 g/mol. The average Bonchev–Trinajstić information content (AvgIpc) is 2.48. The maximum Gasteiger partial charge on any atom is 0.303 e. The minimum Gasteiger partial charge on any atom is -0.481 e. The van der Waals surface area contributed by atoms with E-state index >= 15 is 0 Å². The van der Waals surface area contributed by atoms with Crippen LogP contribution in [0.1, 0.15) is 90.4 Å². The second-order valence-corrected chi connectivity index (χ2v) is 8.21. The van der Waals surface area contributed by atoms with Crippen molar-refractivity contribution in [3.8, 4) is 0 Å². The summed E-state index contributed by atoms with van der Waals surface area (Å²) in [4.78, 5) is 10.4. The molecule has 0 amide bonds. The van der Waals surface area contributed by atoms with Gasteiger partial charge in [-0.3, -0.25) is 9.00 Å². The van der Waals surface area contributed by atoms with E-state index < -0.39 is 16.8 Å². The average molecular weight is 349 g/mol. The summed E-state index contributed by atoms with van der Waals surface area (Å²) in [5.74, 6) is -0.727. The fraction of sp³-hybridized carbons (Fsp3) is 0.944. The molecule has 0 spiro atoms. The molecule has 0 aromatic heterocycles. The molecule has 0 unspecified atom stereocenters. The minimum atomic E-state index is -0.815. The molecule has 0 heterocycles. The Hall–Kier alpha value is -0.420. The van der Waals surface area contributed by atoms with Crippen LogP contribution in [0.2, 0.25) is 0 Å². The fourth-order valence-electron chi connectivity index (χ4n) is 2.83. The highest BCUT2D eigenvalue weighted by Crippen LogP contribution is 2.17. The first-order chi connectivity index (χ1) is 11.0. The number of carbonyl (C=O) groups is 1. The van der Waals surface area contributed by atoms with Crippen LogP contribution in [0.25, 0.3) is 0 Å². The number of aliphatic carboxylic acids is 1. The number of carboxylic acids is 1. The van der Waals surface area contributed by atoms with Gasteiger partial charge in [0, 0.05) is 28.7 Å². The van der Waals surface area contributed by atoms with Crippen molar-refractivity contribution in [3.63, 3.8) is 0 Å². The SMILES string of the molecule is CCCCC[C@H](O)CCC[C@H](CCCCCCC(=O)O)[S@](C)=O. The number of carboxylic acid groups (broad SMARTS) is 1. The summed E-state index contributed by atoms with van der Waals surface area (Å²) in [5, 5.41) is 18.7. The van der Waals surface area contributed by atoms with Gasteiger partial charge in [-0.15, -0.1) is 0 Å². The molecule has 5 heteroatoms. The van der Waals surface area contributed by atoms with Crippen molar-refractivity contribution >= 4 is 16.8 Å². The molecule has 0 radical (unpaired) electrons. The number of rotatable bonds is 16. The molecule has 0 saturated carbocycles. The molecule has 3 atom stereocenters. The van der Waals surface area contributed by atoms with E-state index in [1.165, 1.54) is 12.8 Å². The van der Waals surface area contributed by atoms with E-state index in [1.54, 1.807) is 6.26 Å². The van der Waals surface area contributed by atoms with E-state index in [0.29, 0.717) is 0 Å². The number of aliphatic hydroxyl groups is 1. The van der Waals surface area contributed by atoms with Gasteiger partial charge in [-0.1, -0.05) is 45.4 Å². The number of aliphatic hydroxyl groups excluding tert-OH is 1. The Morgan fingerprint density at radius 2 is 1.48 bits per heavy atom. The van der Waals surface area contributed by atoms with E-state index in [2.05, 4.69) is 6.92 Å². The summed E-state index contributed by atoms with van der Waals surface area (Å²) in [5.41, 5.74) is 0. The Balaban J connectivity index is 3.73. The molecule has 0 saturated heterocycles. The lowest BCUT2D eigenvalue weighted by Crippen LogP contribution is -2.15. The Kier molecular flexibility index (Phi) is 14.9. The van der Waals surface area contributed by atoms with Gasteiger partial charge in [0.25, 0.3) is 0 Å². The van der Waals surface area contributed by atoms with Gasteiger partial charge in [-0.05, 0) is 38.5 Å². The van der Waals surface area contributed by atoms with Crippen molar-refractivity contribution in [2.24, 2.45) is 0 Å². The number of unbranched alkanes of at least 4 members (excludes halogenated alkanes) is 5. The van der Waals surface area contributed by atoms with Gasteiger partial charge in [0.2, 0.25) is 0 Å². The molecular weight excluding hydrogens is 312 g/mol. The summed E-state index contributed by atoms with van der Waals surface area (Å²) in [6.07, 6.45) is 13.5. The van der Waals surface area contributed by atoms with Crippen LogP contribution in [0.5, 0.6) is 0 Å². The van der Waals surface area contributed by atoms with Crippen molar-refractivity contribution in [3.05, 3.63) is 0 Å². The third-order valence-corrected chi connectivity index (χ3v) is 5.75. The van der Waals surface area contributed by atoms with Gasteiger partial charge in [-0.2, -0.15) is 0 Å². The Morgan fingerprint density at radius 3 is 2.09 bits per heavy atom. The van der Waals surface area contributed by atoms with Crippen LogP contribution in [-0.4, -0.2) is 38.0 Å². The fourth-order valence-corrected chi connectivity index (χ4v) is 3.83. The van der Waals surface area contributed by atoms with Crippen LogP contribution in [-0.2, 0) is 15.6 Å². The molecular formula is C18H36O4S. The number of hydrogen-bond donors (Lipinski definition) is 2. The molecule has 0 bridgehead atoms. The van der Waals surface area contributed by atoms with Crippen LogP contribution >= 0.6 is 0 Å². The van der Waals surface area contributed by atoms with Gasteiger partial charge >= 0.3 is 5.97 Å². The Bertz CT molecular complexity index is 320. The van der Waals surface area contributed by atoms with E-state index in [9.17, 15) is 14.1 Å². The molecule has 0 aromatic carbocycles. The standard InChI is InChI=1S/C18H36O4S/c1-3-4-7-11-16(19)12-10-14-17(23(2)22)13-8-5-6-9-15-18(20)21/h16-17,19H,3-15H2,1-2H3,(H,20,21)/t16-,17-,23-/m0/s1. The summed E-state index contributed by atoms with van der Waals surface area (Å²) in [6.45, 7) is 2.16. The molecule has 138 valence electrons. The zero-order valence-electron chi connectivity index (χ0n) is 15.0. The first kappa shape index (κ1) is 22.6. The summed E-state index contributed by atoms with van der Waals surface area (Å²) < 4.78 is 11.8. The first-order valence-electron chi connectivity index (χ1n) is 9.19. The maximum absolute atomic E-state index is 11.8. The van der Waals surface area contributed by atoms with Gasteiger partial charge in [0.05, 0.1) is 6.10 Å². The van der Waals surface area contributed by atoms with Crippen LogP contribution in [0.15, 0.2) is 0 Å². The number of hydrogen-bond acceptors (Lipinski definition) is 3. The lowest BCUT2D eigenvalue weighted by molar-refractivity contribution is -0.137. The van der Waals surface area contributed by atoms with E-state index in [0.717, 1.165) is 64.2 Å². The molecule has 2 N–H and O–H groups in total. The van der Waals surface area contributed by atoms with Gasteiger partial charge in [0.1, 0.15) is 0 Å². The molecule has 4 nitrogen and oxygen atoms in total. The lowest BCUT2D eigenvalue weighted by atomic mass is 10.0. The van der Waals surface area contributed by atoms with Crippen LogP contribution in [0.3, 0.4) is 0 Å². The predicted molar refractivity (Wildman–Crippen MR) is 97.2 cm³/mol. The molecule has 23 heavy (non-hydrogen) atoms. The summed E-state index contributed by atoms with van der Waals surface area (Å²) in [6, 6.07) is 0. The molecule has 0 fully saturated rings. The highest BCUT2D eigenvalue weighted by molar-refractivity contribution is 7.84. The Morgan fingerprint density at radius 1 is 0.913 bits per heavy atom. The minimum absolute atomic E-state index is 0.205. The summed E-state index contributed by atoms with van der Waals surface area (Å²) in [7, 11) is -0.815. The zero-order valence-corrected chi connectivity index (χ0v) is 15.8. The third-order valence-electron chi connectivity index (χ3n) is 4.34. The quantitative estimate of drug-likeness (QED) is 0.408.